The number of hydrogen-bond acceptors (Lipinski definition) is 0. The van der Waals surface area contributed by atoms with Crippen molar-refractivity contribution in [1.82, 2.24) is 0 Å². The SMILES string of the molecule is [CH-]=C(C)[N-]C.[CH3-].[Co+2]. The van der Waals surface area contributed by atoms with Gasteiger partial charge in [-0.2, -0.15) is 0 Å². The molecule has 45 valence electrons. The molecule has 0 amide bonds. The molecule has 2 heteroatoms. The Labute approximate surface area is 56.4 Å². The summed E-state index contributed by atoms with van der Waals surface area (Å²) in [7, 11) is 1.66. The molecule has 0 heterocycles. The second-order valence-corrected chi connectivity index (χ2v) is 0.865. The van der Waals surface area contributed by atoms with Gasteiger partial charge < -0.3 is 25.0 Å². The van der Waals surface area contributed by atoms with Gasteiger partial charge in [-0.1, -0.05) is 6.92 Å². The summed E-state index contributed by atoms with van der Waals surface area (Å²) in [5, 5.41) is 3.58. The van der Waals surface area contributed by atoms with Crippen LogP contribution in [0, 0.1) is 14.0 Å². The Kier molecular flexibility index (Phi) is 21.1. The molecule has 0 bridgehead atoms. The van der Waals surface area contributed by atoms with E-state index in [4.69, 9.17) is 6.58 Å². The Hall–Kier alpha value is 0.0465. The zero-order valence-electron chi connectivity index (χ0n) is 4.86. The maximum Gasteiger partial charge on any atom is 2.00 e. The molecule has 0 saturated carbocycles. The van der Waals surface area contributed by atoms with Gasteiger partial charge in [0.2, 0.25) is 0 Å². The van der Waals surface area contributed by atoms with Gasteiger partial charge in [-0.3, -0.25) is 0 Å². The zero-order valence-corrected chi connectivity index (χ0v) is 5.90. The molecule has 0 rings (SSSR count). The molecule has 0 N–H and O–H groups in total. The summed E-state index contributed by atoms with van der Waals surface area (Å²) in [6.45, 7) is 6.79. The molecule has 0 unspecified atom stereocenters. The normalized spacial score (nSPS) is 4.86. The fraction of sp³-hybridized carbons (Fsp3) is 0.400. The van der Waals surface area contributed by atoms with Crippen LogP contribution in [0.1, 0.15) is 6.92 Å². The van der Waals surface area contributed by atoms with Crippen molar-refractivity contribution in [2.24, 2.45) is 0 Å². The fourth-order valence-electron chi connectivity index (χ4n) is 0. The minimum atomic E-state index is 0. The Morgan fingerprint density at radius 2 is 1.71 bits per heavy atom. The van der Waals surface area contributed by atoms with E-state index in [0.29, 0.717) is 5.70 Å². The summed E-state index contributed by atoms with van der Waals surface area (Å²) in [6, 6.07) is 0. The summed E-state index contributed by atoms with van der Waals surface area (Å²) in [5.41, 5.74) is 0.630. The summed E-state index contributed by atoms with van der Waals surface area (Å²) >= 11 is 0. The summed E-state index contributed by atoms with van der Waals surface area (Å²) < 4.78 is 0. The average molecular weight is 143 g/mol. The van der Waals surface area contributed by atoms with Crippen LogP contribution in [-0.2, 0) is 16.8 Å². The molecule has 0 atom stereocenters. The van der Waals surface area contributed by atoms with Crippen molar-refractivity contribution in [3.05, 3.63) is 25.0 Å². The first-order valence-electron chi connectivity index (χ1n) is 1.46. The summed E-state index contributed by atoms with van der Waals surface area (Å²) in [6.07, 6.45) is 0. The quantitative estimate of drug-likeness (QED) is 0.496. The molecular formula is C5H10CoN-. The predicted octanol–water partition coefficient (Wildman–Crippen LogP) is 1.77. The van der Waals surface area contributed by atoms with E-state index in [-0.39, 0.29) is 24.2 Å². The third-order valence-corrected chi connectivity index (χ3v) is 0.353. The van der Waals surface area contributed by atoms with Crippen LogP contribution in [0.25, 0.3) is 5.32 Å². The van der Waals surface area contributed by atoms with Crippen molar-refractivity contribution in [2.75, 3.05) is 7.05 Å². The number of nitrogens with zero attached hydrogens (tertiary/aromatic N) is 1. The largest absolute Gasteiger partial charge is 2.00 e. The first-order valence-corrected chi connectivity index (χ1v) is 1.46. The van der Waals surface area contributed by atoms with Crippen molar-refractivity contribution >= 4 is 0 Å². The van der Waals surface area contributed by atoms with Gasteiger partial charge in [-0.15, -0.1) is 7.05 Å². The van der Waals surface area contributed by atoms with Crippen LogP contribution in [0.3, 0.4) is 0 Å². The topological polar surface area (TPSA) is 14.1 Å². The predicted molar refractivity (Wildman–Crippen MR) is 29.2 cm³/mol. The van der Waals surface area contributed by atoms with Gasteiger partial charge in [-0.25, -0.2) is 0 Å². The summed E-state index contributed by atoms with van der Waals surface area (Å²) in [4.78, 5) is 0. The minimum Gasteiger partial charge on any atom is -0.721 e. The van der Waals surface area contributed by atoms with Gasteiger partial charge in [0.15, 0.2) is 0 Å². The van der Waals surface area contributed by atoms with Gasteiger partial charge >= 0.3 is 16.8 Å². The Bertz CT molecular complexity index is 43.3. The first kappa shape index (κ1) is 15.7. The molecule has 0 fully saturated rings. The second-order valence-electron chi connectivity index (χ2n) is 0.865. The minimum absolute atomic E-state index is 0. The summed E-state index contributed by atoms with van der Waals surface area (Å²) in [5.74, 6) is 0. The molecule has 0 aromatic rings. The van der Waals surface area contributed by atoms with Crippen LogP contribution >= 0.6 is 0 Å². The molecule has 0 spiro atoms. The monoisotopic (exact) mass is 143 g/mol. The molecule has 1 nitrogen and oxygen atoms in total. The molecule has 0 aliphatic carbocycles. The molecule has 0 aromatic heterocycles. The van der Waals surface area contributed by atoms with Crippen molar-refractivity contribution < 1.29 is 16.8 Å². The van der Waals surface area contributed by atoms with Gasteiger partial charge in [0, 0.05) is 0 Å². The van der Waals surface area contributed by atoms with E-state index in [1.165, 1.54) is 0 Å². The maximum absolute atomic E-state index is 5.04. The number of hydrogen-bond donors (Lipinski definition) is 0. The zero-order chi connectivity index (χ0) is 4.28. The molecule has 7 heavy (non-hydrogen) atoms. The molecular weight excluding hydrogens is 133 g/mol. The van der Waals surface area contributed by atoms with Crippen molar-refractivity contribution in [2.45, 2.75) is 6.92 Å². The third-order valence-electron chi connectivity index (χ3n) is 0.353. The number of rotatable bonds is 1. The van der Waals surface area contributed by atoms with E-state index < -0.39 is 0 Å². The maximum atomic E-state index is 5.04. The molecule has 0 aliphatic heterocycles. The standard InChI is InChI=1S/C4H7N.CH3.Co/c1-4(2)5-3;;/h1H,2-3H3;1H3;/q-2;-1;+2. The third kappa shape index (κ3) is 23.6. The van der Waals surface area contributed by atoms with Crippen molar-refractivity contribution in [3.63, 3.8) is 0 Å². The second kappa shape index (κ2) is 9.40. The van der Waals surface area contributed by atoms with Crippen LogP contribution in [0.15, 0.2) is 5.70 Å². The van der Waals surface area contributed by atoms with E-state index in [9.17, 15) is 0 Å². The van der Waals surface area contributed by atoms with Crippen LogP contribution in [0.2, 0.25) is 0 Å². The van der Waals surface area contributed by atoms with E-state index >= 15 is 0 Å². The molecule has 0 aliphatic rings. The Morgan fingerprint density at radius 1 is 1.57 bits per heavy atom. The van der Waals surface area contributed by atoms with E-state index in [0.717, 1.165) is 0 Å². The molecule has 0 aromatic carbocycles. The van der Waals surface area contributed by atoms with E-state index in [2.05, 4.69) is 5.32 Å². The Morgan fingerprint density at radius 3 is 1.71 bits per heavy atom. The van der Waals surface area contributed by atoms with Crippen LogP contribution in [0.4, 0.5) is 0 Å². The van der Waals surface area contributed by atoms with Crippen LogP contribution < -0.4 is 0 Å². The van der Waals surface area contributed by atoms with Gasteiger partial charge in [0.05, 0.1) is 0 Å². The van der Waals surface area contributed by atoms with Gasteiger partial charge in [0.25, 0.3) is 0 Å². The first-order chi connectivity index (χ1) is 2.27. The van der Waals surface area contributed by atoms with Gasteiger partial charge in [0.1, 0.15) is 0 Å². The fourth-order valence-corrected chi connectivity index (χ4v) is 0. The van der Waals surface area contributed by atoms with Crippen molar-refractivity contribution in [3.8, 4) is 0 Å². The van der Waals surface area contributed by atoms with Crippen LogP contribution in [-0.4, -0.2) is 7.05 Å². The Balaban J connectivity index is -0.0000000800. The van der Waals surface area contributed by atoms with E-state index in [1.807, 2.05) is 0 Å². The van der Waals surface area contributed by atoms with E-state index in [1.54, 1.807) is 14.0 Å². The molecule has 1 radical (unpaired) electrons. The number of allylic oxidation sites excluding steroid dienone is 1. The average Bonchev–Trinajstić information content (AvgIpc) is 1.38. The van der Waals surface area contributed by atoms with Gasteiger partial charge in [-0.05, 0) is 0 Å². The molecule has 0 saturated heterocycles. The smallest absolute Gasteiger partial charge is 0.721 e. The van der Waals surface area contributed by atoms with Crippen LogP contribution in [0.5, 0.6) is 0 Å². The van der Waals surface area contributed by atoms with Crippen molar-refractivity contribution in [1.29, 1.82) is 0 Å².